The number of carbonyl (C=O) groups is 4. The van der Waals surface area contributed by atoms with E-state index in [1.807, 2.05) is 132 Å². The van der Waals surface area contributed by atoms with E-state index in [0.29, 0.717) is 105 Å². The molecule has 4 aliphatic heterocycles. The maximum atomic E-state index is 13.4. The molecule has 10 rings (SSSR count). The van der Waals surface area contributed by atoms with E-state index >= 15 is 0 Å². The number of likely N-dealkylation sites (tertiary alicyclic amines) is 2. The zero-order chi connectivity index (χ0) is 60.7. The van der Waals surface area contributed by atoms with E-state index in [4.69, 9.17) is 33.2 Å². The van der Waals surface area contributed by atoms with Crippen molar-refractivity contribution in [2.45, 2.75) is 131 Å². The summed E-state index contributed by atoms with van der Waals surface area (Å²) in [6, 6.07) is 25.4. The molecule has 0 bridgehead atoms. The number of aromatic carboxylic acids is 1. The van der Waals surface area contributed by atoms with Gasteiger partial charge in [0.15, 0.2) is 23.0 Å². The van der Waals surface area contributed by atoms with Gasteiger partial charge in [-0.3, -0.25) is 9.59 Å². The summed E-state index contributed by atoms with van der Waals surface area (Å²) >= 11 is 0. The van der Waals surface area contributed by atoms with Crippen molar-refractivity contribution in [1.82, 2.24) is 28.7 Å². The van der Waals surface area contributed by atoms with Gasteiger partial charge in [-0.2, -0.15) is 0 Å². The van der Waals surface area contributed by atoms with Crippen LogP contribution in [0.15, 0.2) is 94.5 Å². The zero-order valence-corrected chi connectivity index (χ0v) is 50.4. The molecule has 6 heterocycles. The van der Waals surface area contributed by atoms with Crippen molar-refractivity contribution in [3.8, 4) is 23.0 Å². The highest BCUT2D eigenvalue weighted by atomic mass is 16.6. The minimum atomic E-state index is -1.11. The van der Waals surface area contributed by atoms with Crippen LogP contribution in [0.1, 0.15) is 110 Å². The van der Waals surface area contributed by atoms with Crippen LogP contribution in [-0.2, 0) is 40.4 Å². The van der Waals surface area contributed by atoms with E-state index in [9.17, 15) is 33.9 Å². The predicted molar refractivity (Wildman–Crippen MR) is 322 cm³/mol. The van der Waals surface area contributed by atoms with Crippen molar-refractivity contribution >= 4 is 45.9 Å². The number of pyridine rings is 2. The SMILES string of the molecule is COC(=O)c1cc(=O)n(CCN2CCC(N(Cc3ccc4c(c3)OCCO4)C(=O)OC(C)(C)C)CC2)c2cc(C)ccc12.Cc1ccc2c(C(=O)O)cc(=O)n(CCN3CCC(N(Cc4ccc5c(c4)OCCO5)C(=O)OC(C)(C)C)CC3)c2c1. The van der Waals surface area contributed by atoms with Gasteiger partial charge in [-0.25, -0.2) is 19.2 Å². The summed E-state index contributed by atoms with van der Waals surface area (Å²) in [5, 5.41) is 10.9. The molecule has 0 spiro atoms. The van der Waals surface area contributed by atoms with Gasteiger partial charge in [0.1, 0.15) is 37.6 Å². The standard InChI is InChI=1S/C33H41N3O7.C32H39N3O7/c1-22-6-8-25-26(31(38)40-5)20-30(37)35(27(25)18-22)15-14-34-12-10-24(11-13-34)36(32(39)43-33(2,3)4)21-23-7-9-28-29(19-23)42-17-16-41-28;1-21-5-7-24-25(30(37)38)19-29(36)34(26(24)17-21)14-13-33-11-9-23(10-12-33)35(31(39)42-32(2,3)4)20-22-6-8-27-28(18-22)41-16-15-40-27/h6-9,18-20,24H,10-17,21H2,1-5H3;5-8,17-19,23H,9-16,20H2,1-4H3,(H,37,38). The van der Waals surface area contributed by atoms with E-state index in [2.05, 4.69) is 9.80 Å². The Morgan fingerprint density at radius 1 is 0.529 bits per heavy atom. The Labute approximate surface area is 495 Å². The van der Waals surface area contributed by atoms with Crippen molar-refractivity contribution < 1.29 is 57.4 Å². The van der Waals surface area contributed by atoms with Crippen LogP contribution in [0.3, 0.4) is 0 Å². The second-order valence-corrected chi connectivity index (χ2v) is 24.3. The van der Waals surface area contributed by atoms with Crippen LogP contribution in [0, 0.1) is 13.8 Å². The Bertz CT molecular complexity index is 3550. The summed E-state index contributed by atoms with van der Waals surface area (Å²) in [5.41, 5.74) is 3.72. The zero-order valence-electron chi connectivity index (χ0n) is 50.4. The number of rotatable bonds is 14. The average molecular weight is 1170 g/mol. The molecule has 2 amide bonds. The lowest BCUT2D eigenvalue weighted by Gasteiger charge is -2.39. The van der Waals surface area contributed by atoms with Gasteiger partial charge in [0, 0.05) is 100 Å². The lowest BCUT2D eigenvalue weighted by Crippen LogP contribution is -2.49. The molecule has 1 N–H and O–H groups in total. The molecule has 0 atom stereocenters. The van der Waals surface area contributed by atoms with Crippen LogP contribution in [0.2, 0.25) is 0 Å². The van der Waals surface area contributed by atoms with Gasteiger partial charge in [0.25, 0.3) is 11.1 Å². The molecule has 6 aromatic rings. The molecule has 4 aliphatic rings. The van der Waals surface area contributed by atoms with E-state index in [1.54, 1.807) is 15.2 Å². The molecule has 0 radical (unpaired) electrons. The fourth-order valence-corrected chi connectivity index (χ4v) is 11.4. The van der Waals surface area contributed by atoms with Crippen molar-refractivity contribution in [3.05, 3.63) is 139 Å². The van der Waals surface area contributed by atoms with Crippen molar-refractivity contribution in [2.75, 3.05) is 72.8 Å². The Morgan fingerprint density at radius 3 is 1.31 bits per heavy atom. The molecule has 2 saturated heterocycles. The lowest BCUT2D eigenvalue weighted by atomic mass is 10.0. The summed E-state index contributed by atoms with van der Waals surface area (Å²) in [7, 11) is 1.32. The van der Waals surface area contributed by atoms with Crippen molar-refractivity contribution in [2.24, 2.45) is 0 Å². The number of aromatic nitrogens is 2. The predicted octanol–water partition coefficient (Wildman–Crippen LogP) is 9.45. The Morgan fingerprint density at radius 2 is 0.918 bits per heavy atom. The molecule has 0 aliphatic carbocycles. The molecule has 20 heteroatoms. The van der Waals surface area contributed by atoms with Gasteiger partial charge in [-0.1, -0.05) is 36.4 Å². The molecular formula is C65H80N6O14. The number of nitrogens with zero attached hydrogens (tertiary/aromatic N) is 6. The van der Waals surface area contributed by atoms with Gasteiger partial charge in [-0.05, 0) is 140 Å². The number of aryl methyl sites for hydroxylation is 2. The lowest BCUT2D eigenvalue weighted by molar-refractivity contribution is 0.00468. The van der Waals surface area contributed by atoms with Gasteiger partial charge in [0.05, 0.1) is 29.3 Å². The number of carboxylic acids is 1. The number of hydrogen-bond donors (Lipinski definition) is 1. The summed E-state index contributed by atoms with van der Waals surface area (Å²) in [5.74, 6) is 1.18. The van der Waals surface area contributed by atoms with Crippen molar-refractivity contribution in [3.63, 3.8) is 0 Å². The Hall–Kier alpha value is -8.10. The summed E-state index contributed by atoms with van der Waals surface area (Å²) in [4.78, 5) is 85.2. The average Bonchev–Trinajstić information content (AvgIpc) is 2.42. The first-order valence-corrected chi connectivity index (χ1v) is 29.3. The highest BCUT2D eigenvalue weighted by Gasteiger charge is 2.34. The van der Waals surface area contributed by atoms with Crippen LogP contribution >= 0.6 is 0 Å². The summed E-state index contributed by atoms with van der Waals surface area (Å²) < 4.78 is 42.7. The number of benzene rings is 4. The number of esters is 1. The van der Waals surface area contributed by atoms with E-state index in [1.165, 1.54) is 19.2 Å². The highest BCUT2D eigenvalue weighted by molar-refractivity contribution is 6.04. The third-order valence-corrected chi connectivity index (χ3v) is 15.6. The molecular weight excluding hydrogens is 1090 g/mol. The molecule has 20 nitrogen and oxygen atoms in total. The van der Waals surface area contributed by atoms with Crippen LogP contribution in [-0.4, -0.2) is 154 Å². The number of hydrogen-bond acceptors (Lipinski definition) is 15. The van der Waals surface area contributed by atoms with Crippen molar-refractivity contribution in [1.29, 1.82) is 0 Å². The van der Waals surface area contributed by atoms with Crippen LogP contribution in [0.5, 0.6) is 23.0 Å². The monoisotopic (exact) mass is 1170 g/mol. The third-order valence-electron chi connectivity index (χ3n) is 15.6. The highest BCUT2D eigenvalue weighted by Crippen LogP contribution is 2.34. The number of fused-ring (bicyclic) bond motifs is 4. The minimum absolute atomic E-state index is 0.00448. The Balaban J connectivity index is 0.000000204. The fourth-order valence-electron chi connectivity index (χ4n) is 11.4. The summed E-state index contributed by atoms with van der Waals surface area (Å²) in [6.45, 7) is 23.2. The molecule has 4 aromatic carbocycles. The number of amides is 2. The number of carbonyl (C=O) groups excluding carboxylic acids is 3. The molecule has 2 fully saturated rings. The fraction of sp³-hybridized carbons (Fsp3) is 0.477. The second-order valence-electron chi connectivity index (χ2n) is 24.3. The van der Waals surface area contributed by atoms with Crippen LogP contribution in [0.4, 0.5) is 9.59 Å². The first-order valence-electron chi connectivity index (χ1n) is 29.3. The molecule has 2 aromatic heterocycles. The number of ether oxygens (including phenoxy) is 7. The largest absolute Gasteiger partial charge is 0.486 e. The van der Waals surface area contributed by atoms with E-state index in [0.717, 1.165) is 79.6 Å². The first-order chi connectivity index (χ1) is 40.5. The van der Waals surface area contributed by atoms with E-state index < -0.39 is 23.1 Å². The molecule has 454 valence electrons. The quantitative estimate of drug-likeness (QED) is 0.0795. The van der Waals surface area contributed by atoms with Gasteiger partial charge >= 0.3 is 24.1 Å². The number of carboxylic acid groups (broad SMARTS) is 1. The molecule has 0 saturated carbocycles. The van der Waals surface area contributed by atoms with Crippen LogP contribution in [0.25, 0.3) is 21.8 Å². The maximum absolute atomic E-state index is 13.4. The summed E-state index contributed by atoms with van der Waals surface area (Å²) in [6.07, 6.45) is 2.40. The topological polar surface area (TPSA) is 210 Å². The Kier molecular flexibility index (Phi) is 19.1. The van der Waals surface area contributed by atoms with Gasteiger partial charge in [0.2, 0.25) is 0 Å². The van der Waals surface area contributed by atoms with Crippen LogP contribution < -0.4 is 30.1 Å². The maximum Gasteiger partial charge on any atom is 0.410 e. The number of methoxy groups -OCH3 is 1. The third kappa shape index (κ3) is 15.4. The number of piperidine rings is 2. The van der Waals surface area contributed by atoms with Gasteiger partial charge < -0.3 is 67.0 Å². The smallest absolute Gasteiger partial charge is 0.410 e. The van der Waals surface area contributed by atoms with Gasteiger partial charge in [-0.15, -0.1) is 0 Å². The minimum Gasteiger partial charge on any atom is -0.486 e. The second kappa shape index (κ2) is 26.4. The molecule has 85 heavy (non-hydrogen) atoms. The van der Waals surface area contributed by atoms with E-state index in [-0.39, 0.29) is 46.5 Å². The normalized spacial score (nSPS) is 15.8. The molecule has 0 unspecified atom stereocenters. The first kappa shape index (κ1) is 61.5.